The van der Waals surface area contributed by atoms with E-state index in [0.29, 0.717) is 6.54 Å². The molecule has 0 saturated heterocycles. The highest BCUT2D eigenvalue weighted by Crippen LogP contribution is 2.05. The Bertz CT molecular complexity index is 611. The lowest BCUT2D eigenvalue weighted by Gasteiger charge is -2.12. The van der Waals surface area contributed by atoms with Crippen molar-refractivity contribution < 1.29 is 4.39 Å². The van der Waals surface area contributed by atoms with Crippen LogP contribution in [0, 0.1) is 5.82 Å². The fourth-order valence-corrected chi connectivity index (χ4v) is 2.19. The first-order valence-electron chi connectivity index (χ1n) is 8.33. The number of aliphatic imine (C=N–C) groups is 1. The highest BCUT2D eigenvalue weighted by Gasteiger charge is 1.98. The molecule has 24 heavy (non-hydrogen) atoms. The van der Waals surface area contributed by atoms with Crippen LogP contribution < -0.4 is 16.0 Å². The summed E-state index contributed by atoms with van der Waals surface area (Å²) in [5.74, 6) is 0.556. The molecule has 3 N–H and O–H groups in total. The van der Waals surface area contributed by atoms with Gasteiger partial charge < -0.3 is 16.0 Å². The largest absolute Gasteiger partial charge is 0.385 e. The van der Waals surface area contributed by atoms with Crippen LogP contribution in [0.5, 0.6) is 0 Å². The summed E-state index contributed by atoms with van der Waals surface area (Å²) >= 11 is 0. The minimum absolute atomic E-state index is 0.223. The molecule has 0 spiro atoms. The van der Waals surface area contributed by atoms with E-state index in [1.807, 2.05) is 25.1 Å². The SMILES string of the molecule is CCNC(=NCc1ccc(F)cc1)NCCCNc1ccccc1. The number of hydrogen-bond donors (Lipinski definition) is 3. The van der Waals surface area contributed by atoms with Gasteiger partial charge >= 0.3 is 0 Å². The molecule has 0 unspecified atom stereocenters. The van der Waals surface area contributed by atoms with E-state index >= 15 is 0 Å². The van der Waals surface area contributed by atoms with Crippen molar-refractivity contribution in [1.82, 2.24) is 10.6 Å². The van der Waals surface area contributed by atoms with Gasteiger partial charge in [-0.3, -0.25) is 0 Å². The number of hydrogen-bond acceptors (Lipinski definition) is 2. The molecular weight excluding hydrogens is 303 g/mol. The summed E-state index contributed by atoms with van der Waals surface area (Å²) in [7, 11) is 0. The Morgan fingerprint density at radius 1 is 0.958 bits per heavy atom. The monoisotopic (exact) mass is 328 g/mol. The molecule has 0 amide bonds. The molecular formula is C19H25FN4. The van der Waals surface area contributed by atoms with Crippen molar-refractivity contribution in [3.63, 3.8) is 0 Å². The van der Waals surface area contributed by atoms with E-state index in [2.05, 4.69) is 33.1 Å². The standard InChI is InChI=1S/C19H25FN4/c1-2-21-19(24-15-16-9-11-17(20)12-10-16)23-14-6-13-22-18-7-4-3-5-8-18/h3-5,7-12,22H,2,6,13-15H2,1H3,(H2,21,23,24). The van der Waals surface area contributed by atoms with Crippen molar-refractivity contribution in [3.05, 3.63) is 66.0 Å². The molecule has 0 aliphatic heterocycles. The number of nitrogens with zero attached hydrogens (tertiary/aromatic N) is 1. The fraction of sp³-hybridized carbons (Fsp3) is 0.316. The van der Waals surface area contributed by atoms with E-state index in [9.17, 15) is 4.39 Å². The van der Waals surface area contributed by atoms with Gasteiger partial charge in [0.2, 0.25) is 0 Å². The zero-order valence-corrected chi connectivity index (χ0v) is 14.1. The van der Waals surface area contributed by atoms with Gasteiger partial charge in [0.1, 0.15) is 5.82 Å². The molecule has 4 nitrogen and oxygen atoms in total. The number of guanidine groups is 1. The van der Waals surface area contributed by atoms with Crippen molar-refractivity contribution in [3.8, 4) is 0 Å². The molecule has 5 heteroatoms. The van der Waals surface area contributed by atoms with Crippen LogP contribution in [0.15, 0.2) is 59.6 Å². The predicted octanol–water partition coefficient (Wildman–Crippen LogP) is 3.38. The third kappa shape index (κ3) is 6.69. The van der Waals surface area contributed by atoms with Gasteiger partial charge in [-0.1, -0.05) is 30.3 Å². The molecule has 2 aromatic rings. The van der Waals surface area contributed by atoms with Crippen molar-refractivity contribution in [1.29, 1.82) is 0 Å². The van der Waals surface area contributed by atoms with Crippen LogP contribution in [0.2, 0.25) is 0 Å². The Morgan fingerprint density at radius 2 is 1.71 bits per heavy atom. The number of para-hydroxylation sites is 1. The van der Waals surface area contributed by atoms with Crippen LogP contribution in [0.25, 0.3) is 0 Å². The molecule has 0 fully saturated rings. The van der Waals surface area contributed by atoms with E-state index in [0.717, 1.165) is 43.3 Å². The Hall–Kier alpha value is -2.56. The first-order chi connectivity index (χ1) is 11.8. The highest BCUT2D eigenvalue weighted by molar-refractivity contribution is 5.79. The van der Waals surface area contributed by atoms with Gasteiger partial charge in [-0.05, 0) is 43.2 Å². The van der Waals surface area contributed by atoms with Gasteiger partial charge in [-0.15, -0.1) is 0 Å². The maximum Gasteiger partial charge on any atom is 0.191 e. The van der Waals surface area contributed by atoms with Crippen molar-refractivity contribution in [2.75, 3.05) is 25.0 Å². The smallest absolute Gasteiger partial charge is 0.191 e. The van der Waals surface area contributed by atoms with Gasteiger partial charge in [0.05, 0.1) is 6.54 Å². The van der Waals surface area contributed by atoms with Gasteiger partial charge in [-0.25, -0.2) is 9.38 Å². The number of benzene rings is 2. The molecule has 128 valence electrons. The lowest BCUT2D eigenvalue weighted by atomic mass is 10.2. The molecule has 0 aromatic heterocycles. The second-order valence-corrected chi connectivity index (χ2v) is 5.39. The molecule has 0 bridgehead atoms. The average Bonchev–Trinajstić information content (AvgIpc) is 2.61. The third-order valence-electron chi connectivity index (χ3n) is 3.43. The molecule has 0 atom stereocenters. The van der Waals surface area contributed by atoms with Gasteiger partial charge in [0.15, 0.2) is 5.96 Å². The first kappa shape index (κ1) is 17.8. The first-order valence-corrected chi connectivity index (χ1v) is 8.33. The van der Waals surface area contributed by atoms with Crippen LogP contribution in [-0.2, 0) is 6.54 Å². The van der Waals surface area contributed by atoms with E-state index in [1.54, 1.807) is 12.1 Å². The highest BCUT2D eigenvalue weighted by atomic mass is 19.1. The van der Waals surface area contributed by atoms with Crippen LogP contribution in [-0.4, -0.2) is 25.6 Å². The van der Waals surface area contributed by atoms with Crippen LogP contribution in [0.1, 0.15) is 18.9 Å². The zero-order chi connectivity index (χ0) is 17.0. The summed E-state index contributed by atoms with van der Waals surface area (Å²) in [6.07, 6.45) is 0.982. The summed E-state index contributed by atoms with van der Waals surface area (Å²) in [5, 5.41) is 9.91. The molecule has 0 aliphatic carbocycles. The topological polar surface area (TPSA) is 48.5 Å². The number of nitrogens with one attached hydrogen (secondary N) is 3. The second-order valence-electron chi connectivity index (χ2n) is 5.39. The molecule has 0 aliphatic rings. The van der Waals surface area contributed by atoms with E-state index in [1.165, 1.54) is 12.1 Å². The third-order valence-corrected chi connectivity index (χ3v) is 3.43. The Kier molecular flexibility index (Phi) is 7.60. The van der Waals surface area contributed by atoms with Crippen LogP contribution in [0.3, 0.4) is 0 Å². The maximum absolute atomic E-state index is 12.9. The van der Waals surface area contributed by atoms with Crippen LogP contribution in [0.4, 0.5) is 10.1 Å². The quantitative estimate of drug-likeness (QED) is 0.395. The van der Waals surface area contributed by atoms with E-state index in [-0.39, 0.29) is 5.82 Å². The average molecular weight is 328 g/mol. The molecule has 0 radical (unpaired) electrons. The Morgan fingerprint density at radius 3 is 2.42 bits per heavy atom. The van der Waals surface area contributed by atoms with E-state index < -0.39 is 0 Å². The van der Waals surface area contributed by atoms with Gasteiger partial charge in [0.25, 0.3) is 0 Å². The maximum atomic E-state index is 12.9. The summed E-state index contributed by atoms with van der Waals surface area (Å²) in [5.41, 5.74) is 2.12. The summed E-state index contributed by atoms with van der Waals surface area (Å²) in [6.45, 7) is 5.09. The number of anilines is 1. The lowest BCUT2D eigenvalue weighted by molar-refractivity contribution is 0.627. The molecule has 0 heterocycles. The van der Waals surface area contributed by atoms with Crippen LogP contribution >= 0.6 is 0 Å². The number of rotatable bonds is 8. The lowest BCUT2D eigenvalue weighted by Crippen LogP contribution is -2.38. The fourth-order valence-electron chi connectivity index (χ4n) is 2.19. The summed E-state index contributed by atoms with van der Waals surface area (Å²) < 4.78 is 12.9. The Balaban J connectivity index is 1.72. The summed E-state index contributed by atoms with van der Waals surface area (Å²) in [6, 6.07) is 16.6. The Labute approximate surface area is 143 Å². The van der Waals surface area contributed by atoms with Gasteiger partial charge in [0, 0.05) is 25.3 Å². The van der Waals surface area contributed by atoms with Gasteiger partial charge in [-0.2, -0.15) is 0 Å². The van der Waals surface area contributed by atoms with Crippen molar-refractivity contribution in [2.24, 2.45) is 4.99 Å². The molecule has 0 saturated carbocycles. The zero-order valence-electron chi connectivity index (χ0n) is 14.1. The molecule has 2 aromatic carbocycles. The minimum Gasteiger partial charge on any atom is -0.385 e. The second kappa shape index (κ2) is 10.3. The van der Waals surface area contributed by atoms with E-state index in [4.69, 9.17) is 0 Å². The number of halogens is 1. The normalized spacial score (nSPS) is 11.2. The van der Waals surface area contributed by atoms with Crippen molar-refractivity contribution in [2.45, 2.75) is 19.9 Å². The summed E-state index contributed by atoms with van der Waals surface area (Å²) in [4.78, 5) is 4.52. The predicted molar refractivity (Wildman–Crippen MR) is 98.8 cm³/mol. The minimum atomic E-state index is -0.223. The van der Waals surface area contributed by atoms with Crippen molar-refractivity contribution >= 4 is 11.6 Å². The molecule has 2 rings (SSSR count).